The van der Waals surface area contributed by atoms with E-state index in [0.29, 0.717) is 5.56 Å². The number of amides is 1. The van der Waals surface area contributed by atoms with Crippen molar-refractivity contribution in [1.82, 2.24) is 4.98 Å². The summed E-state index contributed by atoms with van der Waals surface area (Å²) in [6, 6.07) is 5.00. The van der Waals surface area contributed by atoms with Crippen LogP contribution in [0.15, 0.2) is 30.5 Å². The third-order valence-corrected chi connectivity index (χ3v) is 3.08. The van der Waals surface area contributed by atoms with E-state index in [1.54, 1.807) is 0 Å². The van der Waals surface area contributed by atoms with Crippen LogP contribution in [0.1, 0.15) is 27.8 Å². The number of carbonyl (C=O) groups is 3. The van der Waals surface area contributed by atoms with Crippen molar-refractivity contribution in [3.8, 4) is 0 Å². The summed E-state index contributed by atoms with van der Waals surface area (Å²) in [5, 5.41) is 2.49. The molecule has 1 heterocycles. The van der Waals surface area contributed by atoms with E-state index >= 15 is 0 Å². The number of Topliss-reactive ketones (excluding diaryl/α,β-unsaturated/α-hetero) is 1. The van der Waals surface area contributed by atoms with Crippen molar-refractivity contribution in [2.45, 2.75) is 6.92 Å². The number of nitrogens with one attached hydrogen (secondary N) is 2. The number of anilines is 1. The molecule has 6 nitrogen and oxygen atoms in total. The molecule has 1 aromatic heterocycles. The average molecular weight is 339 g/mol. The molecule has 120 valence electrons. The summed E-state index contributed by atoms with van der Waals surface area (Å²) >= 11 is 5.70. The Bertz CT molecular complexity index is 773. The Morgan fingerprint density at radius 3 is 2.70 bits per heavy atom. The third kappa shape index (κ3) is 4.40. The van der Waals surface area contributed by atoms with Crippen molar-refractivity contribution < 1.29 is 23.5 Å². The minimum absolute atomic E-state index is 0.0388. The predicted molar refractivity (Wildman–Crippen MR) is 81.1 cm³/mol. The molecule has 2 rings (SSSR count). The van der Waals surface area contributed by atoms with Gasteiger partial charge in [0.2, 0.25) is 0 Å². The lowest BCUT2D eigenvalue weighted by Crippen LogP contribution is -2.21. The highest BCUT2D eigenvalue weighted by Crippen LogP contribution is 2.19. The molecule has 0 fully saturated rings. The maximum atomic E-state index is 13.5. The molecule has 0 atom stereocenters. The van der Waals surface area contributed by atoms with E-state index in [9.17, 15) is 18.8 Å². The quantitative estimate of drug-likeness (QED) is 0.648. The number of carbonyl (C=O) groups excluding carboxylic acids is 3. The minimum atomic E-state index is -0.806. The molecule has 0 aliphatic carbocycles. The van der Waals surface area contributed by atoms with Gasteiger partial charge in [0, 0.05) is 16.8 Å². The van der Waals surface area contributed by atoms with Gasteiger partial charge in [-0.1, -0.05) is 11.6 Å². The second kappa shape index (κ2) is 7.06. The van der Waals surface area contributed by atoms with Gasteiger partial charge in [0.15, 0.2) is 12.4 Å². The molecule has 0 saturated carbocycles. The highest BCUT2D eigenvalue weighted by atomic mass is 35.5. The monoisotopic (exact) mass is 338 g/mol. The minimum Gasteiger partial charge on any atom is -0.451 e. The number of hydrogen-bond donors (Lipinski definition) is 2. The number of halogens is 2. The van der Waals surface area contributed by atoms with Gasteiger partial charge in [-0.25, -0.2) is 9.18 Å². The Balaban J connectivity index is 1.92. The number of H-pyrrole nitrogens is 1. The van der Waals surface area contributed by atoms with Gasteiger partial charge < -0.3 is 15.0 Å². The van der Waals surface area contributed by atoms with Gasteiger partial charge in [0.25, 0.3) is 5.91 Å². The topological polar surface area (TPSA) is 88.3 Å². The largest absolute Gasteiger partial charge is 0.451 e. The molecule has 1 amide bonds. The molecule has 23 heavy (non-hydrogen) atoms. The molecule has 0 unspecified atom stereocenters. The van der Waals surface area contributed by atoms with Crippen LogP contribution in [0.25, 0.3) is 0 Å². The Morgan fingerprint density at radius 1 is 1.30 bits per heavy atom. The maximum Gasteiger partial charge on any atom is 0.355 e. The number of ether oxygens (including phenoxy) is 1. The van der Waals surface area contributed by atoms with Crippen LogP contribution in [0.3, 0.4) is 0 Å². The summed E-state index contributed by atoms with van der Waals surface area (Å²) in [4.78, 5) is 37.1. The van der Waals surface area contributed by atoms with Crippen LogP contribution < -0.4 is 5.32 Å². The van der Waals surface area contributed by atoms with Crippen molar-refractivity contribution in [3.63, 3.8) is 0 Å². The Labute approximate surface area is 135 Å². The SMILES string of the molecule is CC(=O)c1c[nH]c(C(=O)OCC(=O)Nc2cc(Cl)ccc2F)c1. The van der Waals surface area contributed by atoms with Gasteiger partial charge in [-0.3, -0.25) is 9.59 Å². The molecule has 2 aromatic rings. The van der Waals surface area contributed by atoms with E-state index in [0.717, 1.165) is 6.07 Å². The van der Waals surface area contributed by atoms with E-state index in [4.69, 9.17) is 16.3 Å². The van der Waals surface area contributed by atoms with Crippen molar-refractivity contribution in [2.24, 2.45) is 0 Å². The number of benzene rings is 1. The van der Waals surface area contributed by atoms with Gasteiger partial charge in [-0.15, -0.1) is 0 Å². The van der Waals surface area contributed by atoms with Crippen LogP contribution in [-0.4, -0.2) is 29.3 Å². The average Bonchev–Trinajstić information content (AvgIpc) is 2.99. The second-order valence-electron chi connectivity index (χ2n) is 4.61. The van der Waals surface area contributed by atoms with E-state index in [1.165, 1.54) is 31.3 Å². The fraction of sp³-hybridized carbons (Fsp3) is 0.133. The Hall–Kier alpha value is -2.67. The number of hydrogen-bond acceptors (Lipinski definition) is 4. The lowest BCUT2D eigenvalue weighted by molar-refractivity contribution is -0.119. The number of aromatic amines is 1. The summed E-state index contributed by atoms with van der Waals surface area (Å²) in [6.07, 6.45) is 1.36. The molecule has 0 saturated heterocycles. The zero-order valence-electron chi connectivity index (χ0n) is 12.0. The first-order valence-corrected chi connectivity index (χ1v) is 6.86. The molecule has 0 aliphatic rings. The van der Waals surface area contributed by atoms with Crippen molar-refractivity contribution in [1.29, 1.82) is 0 Å². The zero-order valence-corrected chi connectivity index (χ0v) is 12.7. The molecule has 0 radical (unpaired) electrons. The van der Waals surface area contributed by atoms with E-state index < -0.39 is 24.3 Å². The summed E-state index contributed by atoms with van der Waals surface area (Å²) < 4.78 is 18.2. The zero-order chi connectivity index (χ0) is 17.0. The van der Waals surface area contributed by atoms with Crippen molar-refractivity contribution >= 4 is 34.9 Å². The van der Waals surface area contributed by atoms with E-state index in [2.05, 4.69) is 10.3 Å². The molecule has 2 N–H and O–H groups in total. The van der Waals surface area contributed by atoms with Gasteiger partial charge >= 0.3 is 5.97 Å². The molecular formula is C15H12ClFN2O4. The predicted octanol–water partition coefficient (Wildman–Crippen LogP) is 2.81. The normalized spacial score (nSPS) is 10.2. The summed E-state index contributed by atoms with van der Waals surface area (Å²) in [5.41, 5.74) is 0.247. The van der Waals surface area contributed by atoms with Crippen LogP contribution in [0.2, 0.25) is 5.02 Å². The fourth-order valence-electron chi connectivity index (χ4n) is 1.70. The number of ketones is 1. The fourth-order valence-corrected chi connectivity index (χ4v) is 1.88. The first-order chi connectivity index (χ1) is 10.9. The summed E-state index contributed by atoms with van der Waals surface area (Å²) in [5.74, 6) is -2.41. The standard InChI is InChI=1S/C15H12ClFN2O4/c1-8(20)9-4-13(18-6-9)15(22)23-7-14(21)19-12-5-10(16)2-3-11(12)17/h2-6,18H,7H2,1H3,(H,19,21). The lowest BCUT2D eigenvalue weighted by Gasteiger charge is -2.07. The number of rotatable bonds is 5. The lowest BCUT2D eigenvalue weighted by atomic mass is 10.2. The van der Waals surface area contributed by atoms with Gasteiger partial charge in [0.05, 0.1) is 5.69 Å². The molecule has 1 aromatic carbocycles. The third-order valence-electron chi connectivity index (χ3n) is 2.85. The van der Waals surface area contributed by atoms with Gasteiger partial charge in [-0.05, 0) is 31.2 Å². The number of aromatic nitrogens is 1. The van der Waals surface area contributed by atoms with Gasteiger partial charge in [-0.2, -0.15) is 0 Å². The first kappa shape index (κ1) is 16.7. The van der Waals surface area contributed by atoms with E-state index in [1.807, 2.05) is 0 Å². The first-order valence-electron chi connectivity index (χ1n) is 6.48. The van der Waals surface area contributed by atoms with E-state index in [-0.39, 0.29) is 22.2 Å². The van der Waals surface area contributed by atoms with Gasteiger partial charge in [0.1, 0.15) is 11.5 Å². The molecular weight excluding hydrogens is 327 g/mol. The second-order valence-corrected chi connectivity index (χ2v) is 5.04. The number of esters is 1. The highest BCUT2D eigenvalue weighted by Gasteiger charge is 2.14. The molecule has 0 bridgehead atoms. The van der Waals surface area contributed by atoms with Crippen LogP contribution in [0, 0.1) is 5.82 Å². The Kier molecular flexibility index (Phi) is 5.13. The molecule has 0 aliphatic heterocycles. The molecule has 0 spiro atoms. The summed E-state index contributed by atoms with van der Waals surface area (Å²) in [6.45, 7) is 0.741. The van der Waals surface area contributed by atoms with Crippen LogP contribution in [0.5, 0.6) is 0 Å². The van der Waals surface area contributed by atoms with Crippen molar-refractivity contribution in [2.75, 3.05) is 11.9 Å². The smallest absolute Gasteiger partial charge is 0.355 e. The van der Waals surface area contributed by atoms with Crippen LogP contribution in [-0.2, 0) is 9.53 Å². The van der Waals surface area contributed by atoms with Crippen LogP contribution >= 0.6 is 11.6 Å². The highest BCUT2D eigenvalue weighted by molar-refractivity contribution is 6.30. The maximum absolute atomic E-state index is 13.5. The Morgan fingerprint density at radius 2 is 2.04 bits per heavy atom. The molecule has 8 heteroatoms. The van der Waals surface area contributed by atoms with Crippen LogP contribution in [0.4, 0.5) is 10.1 Å². The van der Waals surface area contributed by atoms with Crippen molar-refractivity contribution in [3.05, 3.63) is 52.6 Å². The summed E-state index contributed by atoms with van der Waals surface area (Å²) in [7, 11) is 0.